The fourth-order valence-corrected chi connectivity index (χ4v) is 1.78. The molecule has 0 atom stereocenters. The summed E-state index contributed by atoms with van der Waals surface area (Å²) in [7, 11) is 0. The monoisotopic (exact) mass is 230 g/mol. The normalized spacial score (nSPS) is 10.8. The zero-order valence-electron chi connectivity index (χ0n) is 9.29. The van der Waals surface area contributed by atoms with Gasteiger partial charge in [0.15, 0.2) is 0 Å². The van der Waals surface area contributed by atoms with Crippen LogP contribution < -0.4 is 5.69 Å². The molecule has 1 heterocycles. The van der Waals surface area contributed by atoms with Crippen molar-refractivity contribution < 1.29 is 0 Å². The van der Waals surface area contributed by atoms with E-state index in [1.165, 1.54) is 0 Å². The molecule has 0 amide bonds. The van der Waals surface area contributed by atoms with Gasteiger partial charge < -0.3 is 0 Å². The van der Waals surface area contributed by atoms with Crippen molar-refractivity contribution in [3.05, 3.63) is 22.9 Å². The lowest BCUT2D eigenvalue weighted by Crippen LogP contribution is -2.24. The number of hydrogen-bond acceptors (Lipinski definition) is 1. The number of halogens is 1. The van der Waals surface area contributed by atoms with E-state index < -0.39 is 0 Å². The highest BCUT2D eigenvalue weighted by Crippen LogP contribution is 1.99. The first-order chi connectivity index (χ1) is 7.29. The average molecular weight is 231 g/mol. The van der Waals surface area contributed by atoms with Crippen LogP contribution in [0.15, 0.2) is 17.2 Å². The van der Waals surface area contributed by atoms with Crippen LogP contribution in [0.5, 0.6) is 0 Å². The standard InChI is InChI=1S/C11H19ClN2O/c1-2-7-13-9-10-14(11(13)15)8-5-3-4-6-12/h9-10H,2-8H2,1H3. The highest BCUT2D eigenvalue weighted by Gasteiger charge is 2.01. The van der Waals surface area contributed by atoms with Crippen molar-refractivity contribution in [2.75, 3.05) is 5.88 Å². The minimum Gasteiger partial charge on any atom is -0.299 e. The molecule has 3 nitrogen and oxygen atoms in total. The summed E-state index contributed by atoms with van der Waals surface area (Å²) in [4.78, 5) is 11.7. The lowest BCUT2D eigenvalue weighted by molar-refractivity contribution is 0.562. The molecule has 0 bridgehead atoms. The van der Waals surface area contributed by atoms with Crippen molar-refractivity contribution >= 4 is 11.6 Å². The average Bonchev–Trinajstić information content (AvgIpc) is 2.57. The molecule has 4 heteroatoms. The smallest absolute Gasteiger partial charge is 0.299 e. The molecule has 0 fully saturated rings. The predicted molar refractivity (Wildman–Crippen MR) is 63.6 cm³/mol. The predicted octanol–water partition coefficient (Wildman–Crippen LogP) is 2.47. The topological polar surface area (TPSA) is 26.9 Å². The van der Waals surface area contributed by atoms with Crippen LogP contribution >= 0.6 is 11.6 Å². The molecule has 1 rings (SSSR count). The third-order valence-corrected chi connectivity index (χ3v) is 2.68. The highest BCUT2D eigenvalue weighted by molar-refractivity contribution is 6.17. The van der Waals surface area contributed by atoms with Crippen LogP contribution in [0.1, 0.15) is 32.6 Å². The van der Waals surface area contributed by atoms with Crippen LogP contribution in [0.25, 0.3) is 0 Å². The molecule has 0 aliphatic heterocycles. The van der Waals surface area contributed by atoms with E-state index in [0.717, 1.165) is 38.8 Å². The third-order valence-electron chi connectivity index (χ3n) is 2.42. The van der Waals surface area contributed by atoms with Gasteiger partial charge in [-0.25, -0.2) is 4.79 Å². The molecule has 0 unspecified atom stereocenters. The molecule has 1 aromatic rings. The Morgan fingerprint density at radius 2 is 1.80 bits per heavy atom. The Morgan fingerprint density at radius 3 is 2.40 bits per heavy atom. The molecule has 0 radical (unpaired) electrons. The molecule has 0 N–H and O–H groups in total. The quantitative estimate of drug-likeness (QED) is 0.522. The van der Waals surface area contributed by atoms with Gasteiger partial charge in [0.1, 0.15) is 0 Å². The lowest BCUT2D eigenvalue weighted by atomic mass is 10.2. The maximum atomic E-state index is 11.7. The molecule has 0 saturated heterocycles. The van der Waals surface area contributed by atoms with E-state index in [0.29, 0.717) is 5.88 Å². The second kappa shape index (κ2) is 6.72. The zero-order chi connectivity index (χ0) is 11.1. The Hall–Kier alpha value is -0.700. The molecular weight excluding hydrogens is 212 g/mol. The van der Waals surface area contributed by atoms with Gasteiger partial charge in [-0.3, -0.25) is 9.13 Å². The fourth-order valence-electron chi connectivity index (χ4n) is 1.59. The van der Waals surface area contributed by atoms with E-state index in [1.807, 2.05) is 12.4 Å². The summed E-state index contributed by atoms with van der Waals surface area (Å²) in [6.07, 6.45) is 7.89. The summed E-state index contributed by atoms with van der Waals surface area (Å²) in [6, 6.07) is 0. The fraction of sp³-hybridized carbons (Fsp3) is 0.727. The molecule has 15 heavy (non-hydrogen) atoms. The maximum absolute atomic E-state index is 11.7. The molecule has 0 spiro atoms. The second-order valence-corrected chi connectivity index (χ2v) is 4.10. The van der Waals surface area contributed by atoms with Gasteiger partial charge in [0, 0.05) is 31.4 Å². The van der Waals surface area contributed by atoms with Crippen LogP contribution in [0.3, 0.4) is 0 Å². The summed E-state index contributed by atoms with van der Waals surface area (Å²) in [5, 5.41) is 0. The van der Waals surface area contributed by atoms with Gasteiger partial charge in [-0.1, -0.05) is 13.3 Å². The maximum Gasteiger partial charge on any atom is 0.328 e. The number of aryl methyl sites for hydroxylation is 2. The molecule has 0 saturated carbocycles. The second-order valence-electron chi connectivity index (χ2n) is 3.72. The number of unbranched alkanes of at least 4 members (excludes halogenated alkanes) is 2. The van der Waals surface area contributed by atoms with Gasteiger partial charge in [0.05, 0.1) is 0 Å². The Kier molecular flexibility index (Phi) is 5.54. The van der Waals surface area contributed by atoms with Crippen molar-refractivity contribution in [3.8, 4) is 0 Å². The molecule has 86 valence electrons. The van der Waals surface area contributed by atoms with Crippen molar-refractivity contribution in [1.82, 2.24) is 9.13 Å². The molecule has 1 aromatic heterocycles. The van der Waals surface area contributed by atoms with Gasteiger partial charge in [-0.05, 0) is 19.3 Å². The van der Waals surface area contributed by atoms with E-state index in [2.05, 4.69) is 6.92 Å². The van der Waals surface area contributed by atoms with Gasteiger partial charge in [-0.2, -0.15) is 0 Å². The first-order valence-electron chi connectivity index (χ1n) is 5.61. The van der Waals surface area contributed by atoms with Gasteiger partial charge >= 0.3 is 5.69 Å². The summed E-state index contributed by atoms with van der Waals surface area (Å²) < 4.78 is 3.55. The summed E-state index contributed by atoms with van der Waals surface area (Å²) in [5.74, 6) is 0.714. The largest absolute Gasteiger partial charge is 0.328 e. The highest BCUT2D eigenvalue weighted by atomic mass is 35.5. The number of nitrogens with zero attached hydrogens (tertiary/aromatic N) is 2. The van der Waals surface area contributed by atoms with Crippen LogP contribution in [-0.2, 0) is 13.1 Å². The third kappa shape index (κ3) is 3.74. The molecule has 0 aromatic carbocycles. The van der Waals surface area contributed by atoms with E-state index in [9.17, 15) is 4.79 Å². The van der Waals surface area contributed by atoms with E-state index in [-0.39, 0.29) is 5.69 Å². The van der Waals surface area contributed by atoms with E-state index in [1.54, 1.807) is 9.13 Å². The minimum absolute atomic E-state index is 0.114. The van der Waals surface area contributed by atoms with E-state index >= 15 is 0 Å². The summed E-state index contributed by atoms with van der Waals surface area (Å²) >= 11 is 5.59. The zero-order valence-corrected chi connectivity index (χ0v) is 10.0. The van der Waals surface area contributed by atoms with Crippen molar-refractivity contribution in [2.45, 2.75) is 45.7 Å². The van der Waals surface area contributed by atoms with Crippen LogP contribution in [0.4, 0.5) is 0 Å². The van der Waals surface area contributed by atoms with Crippen molar-refractivity contribution in [1.29, 1.82) is 0 Å². The Bertz CT molecular complexity index is 330. The Labute approximate surface area is 95.7 Å². The van der Waals surface area contributed by atoms with Crippen molar-refractivity contribution in [2.24, 2.45) is 0 Å². The van der Waals surface area contributed by atoms with Crippen LogP contribution in [-0.4, -0.2) is 15.0 Å². The van der Waals surface area contributed by atoms with Gasteiger partial charge in [0.2, 0.25) is 0 Å². The minimum atomic E-state index is 0.114. The van der Waals surface area contributed by atoms with E-state index in [4.69, 9.17) is 11.6 Å². The van der Waals surface area contributed by atoms with Crippen LogP contribution in [0.2, 0.25) is 0 Å². The first kappa shape index (κ1) is 12.4. The number of rotatable bonds is 7. The van der Waals surface area contributed by atoms with Gasteiger partial charge in [0.25, 0.3) is 0 Å². The SMILES string of the molecule is CCCn1ccn(CCCCCCl)c1=O. The lowest BCUT2D eigenvalue weighted by Gasteiger charge is -2.00. The molecule has 0 aliphatic carbocycles. The van der Waals surface area contributed by atoms with Crippen LogP contribution in [0, 0.1) is 0 Å². The number of aromatic nitrogens is 2. The molecule has 0 aliphatic rings. The summed E-state index contributed by atoms with van der Waals surface area (Å²) in [5.41, 5.74) is 0.114. The van der Waals surface area contributed by atoms with Crippen molar-refractivity contribution in [3.63, 3.8) is 0 Å². The first-order valence-corrected chi connectivity index (χ1v) is 6.14. The van der Waals surface area contributed by atoms with Gasteiger partial charge in [-0.15, -0.1) is 11.6 Å². The Morgan fingerprint density at radius 1 is 1.13 bits per heavy atom. The Balaban J connectivity index is 2.44. The number of imidazole rings is 1. The number of alkyl halides is 1. The summed E-state index contributed by atoms with van der Waals surface area (Å²) in [6.45, 7) is 3.70. The number of hydrogen-bond donors (Lipinski definition) is 0. The molecular formula is C11H19ClN2O.